The molecule has 0 bridgehead atoms. The first-order chi connectivity index (χ1) is 8.35. The number of hydrogen-bond donors (Lipinski definition) is 3. The largest absolute Gasteiger partial charge is 0.481 e. The van der Waals surface area contributed by atoms with Crippen molar-refractivity contribution in [3.8, 4) is 0 Å². The Bertz CT molecular complexity index is 286. The number of carbonyl (C=O) groups excluding carboxylic acids is 1. The molecule has 0 saturated heterocycles. The van der Waals surface area contributed by atoms with Crippen LogP contribution in [0, 0.1) is 11.3 Å². The zero-order chi connectivity index (χ0) is 14.2. The third-order valence-electron chi connectivity index (χ3n) is 3.00. The van der Waals surface area contributed by atoms with Crippen LogP contribution in [0.15, 0.2) is 0 Å². The minimum absolute atomic E-state index is 0.140. The second-order valence-corrected chi connectivity index (χ2v) is 5.75. The number of aliphatic carboxylic acids is 1. The van der Waals surface area contributed by atoms with Crippen LogP contribution in [0.5, 0.6) is 0 Å². The molecule has 2 unspecified atom stereocenters. The molecule has 0 saturated carbocycles. The maximum absolute atomic E-state index is 11.5. The lowest BCUT2D eigenvalue weighted by molar-refractivity contribution is -0.147. The highest BCUT2D eigenvalue weighted by atomic mass is 32.2. The number of nitrogens with one attached hydrogen (secondary N) is 2. The quantitative estimate of drug-likeness (QED) is 0.631. The molecule has 3 N–H and O–H groups in total. The van der Waals surface area contributed by atoms with Gasteiger partial charge in [-0.3, -0.25) is 4.79 Å². The minimum atomic E-state index is -0.901. The van der Waals surface area contributed by atoms with Gasteiger partial charge >= 0.3 is 12.0 Å². The van der Waals surface area contributed by atoms with Crippen LogP contribution in [0.3, 0.4) is 0 Å². The molecule has 0 aromatic heterocycles. The lowest BCUT2D eigenvalue weighted by Gasteiger charge is -2.23. The van der Waals surface area contributed by atoms with E-state index in [1.807, 2.05) is 6.26 Å². The van der Waals surface area contributed by atoms with Crippen molar-refractivity contribution in [2.45, 2.75) is 27.2 Å². The Labute approximate surface area is 113 Å². The molecule has 106 valence electrons. The van der Waals surface area contributed by atoms with E-state index in [4.69, 9.17) is 5.11 Å². The molecule has 0 aliphatic rings. The van der Waals surface area contributed by atoms with Crippen LogP contribution in [0.1, 0.15) is 27.2 Å². The van der Waals surface area contributed by atoms with Crippen LogP contribution in [0.2, 0.25) is 0 Å². The Kier molecular flexibility index (Phi) is 7.82. The molecule has 0 rings (SSSR count). The van der Waals surface area contributed by atoms with E-state index in [9.17, 15) is 9.59 Å². The van der Waals surface area contributed by atoms with E-state index >= 15 is 0 Å². The van der Waals surface area contributed by atoms with E-state index < -0.39 is 11.4 Å². The van der Waals surface area contributed by atoms with E-state index in [1.54, 1.807) is 25.6 Å². The van der Waals surface area contributed by atoms with Crippen molar-refractivity contribution in [3.63, 3.8) is 0 Å². The Morgan fingerprint density at radius 1 is 1.39 bits per heavy atom. The normalized spacial score (nSPS) is 15.6. The number of carboxylic acid groups (broad SMARTS) is 1. The molecular formula is C12H24N2O3S. The third-order valence-corrected chi connectivity index (χ3v) is 3.90. The summed E-state index contributed by atoms with van der Waals surface area (Å²) in [5.74, 6) is 0.506. The van der Waals surface area contributed by atoms with Crippen molar-refractivity contribution in [3.05, 3.63) is 0 Å². The van der Waals surface area contributed by atoms with E-state index in [0.717, 1.165) is 5.75 Å². The fraction of sp³-hybridized carbons (Fsp3) is 0.833. The number of carboxylic acids is 1. The lowest BCUT2D eigenvalue weighted by atomic mass is 9.88. The van der Waals surface area contributed by atoms with Crippen molar-refractivity contribution in [2.75, 3.05) is 25.1 Å². The molecule has 0 aliphatic carbocycles. The average Bonchev–Trinajstić information content (AvgIpc) is 2.33. The van der Waals surface area contributed by atoms with Crippen molar-refractivity contribution in [1.82, 2.24) is 10.6 Å². The maximum Gasteiger partial charge on any atom is 0.314 e. The summed E-state index contributed by atoms with van der Waals surface area (Å²) in [5.41, 5.74) is -0.901. The Balaban J connectivity index is 3.99. The summed E-state index contributed by atoms with van der Waals surface area (Å²) in [6.07, 6.45) is 2.50. The monoisotopic (exact) mass is 276 g/mol. The van der Waals surface area contributed by atoms with E-state index in [-0.39, 0.29) is 12.6 Å². The molecule has 0 heterocycles. The summed E-state index contributed by atoms with van der Waals surface area (Å²) in [5, 5.41) is 14.4. The lowest BCUT2D eigenvalue weighted by Crippen LogP contribution is -2.45. The molecule has 2 amide bonds. The molecule has 0 fully saturated rings. The van der Waals surface area contributed by atoms with E-state index in [1.165, 1.54) is 0 Å². The van der Waals surface area contributed by atoms with Crippen LogP contribution in [0.25, 0.3) is 0 Å². The van der Waals surface area contributed by atoms with Crippen molar-refractivity contribution >= 4 is 23.8 Å². The van der Waals surface area contributed by atoms with Crippen LogP contribution in [0.4, 0.5) is 4.79 Å². The maximum atomic E-state index is 11.5. The van der Waals surface area contributed by atoms with Gasteiger partial charge in [-0.05, 0) is 31.3 Å². The van der Waals surface area contributed by atoms with Crippen molar-refractivity contribution in [2.24, 2.45) is 11.3 Å². The number of rotatable bonds is 8. The Morgan fingerprint density at radius 3 is 2.44 bits per heavy atom. The van der Waals surface area contributed by atoms with Gasteiger partial charge in [-0.2, -0.15) is 11.8 Å². The van der Waals surface area contributed by atoms with Gasteiger partial charge in [-0.25, -0.2) is 4.79 Å². The molecule has 0 radical (unpaired) electrons. The first kappa shape index (κ1) is 17.1. The van der Waals surface area contributed by atoms with E-state index in [2.05, 4.69) is 17.6 Å². The molecular weight excluding hydrogens is 252 g/mol. The molecule has 6 heteroatoms. The van der Waals surface area contributed by atoms with Gasteiger partial charge in [-0.15, -0.1) is 0 Å². The Morgan fingerprint density at radius 2 is 2.00 bits per heavy atom. The standard InChI is InChI=1S/C12H24N2O3S/c1-5-12(3,10(15)16)8-14-11(17)13-6-9(2)7-18-4/h9H,5-8H2,1-4H3,(H,15,16)(H2,13,14,17). The molecule has 0 aromatic carbocycles. The van der Waals surface area contributed by atoms with Crippen molar-refractivity contribution < 1.29 is 14.7 Å². The van der Waals surface area contributed by atoms with Crippen LogP contribution in [-0.4, -0.2) is 42.2 Å². The van der Waals surface area contributed by atoms with Crippen LogP contribution < -0.4 is 10.6 Å². The summed E-state index contributed by atoms with van der Waals surface area (Å²) in [7, 11) is 0. The first-order valence-electron chi connectivity index (χ1n) is 6.09. The molecule has 18 heavy (non-hydrogen) atoms. The second kappa shape index (κ2) is 8.24. The van der Waals surface area contributed by atoms with Gasteiger partial charge < -0.3 is 15.7 Å². The van der Waals surface area contributed by atoms with Gasteiger partial charge in [0.1, 0.15) is 0 Å². The number of amides is 2. The molecule has 5 nitrogen and oxygen atoms in total. The summed E-state index contributed by atoms with van der Waals surface area (Å²) in [4.78, 5) is 22.6. The topological polar surface area (TPSA) is 78.4 Å². The summed E-state index contributed by atoms with van der Waals surface area (Å²) >= 11 is 1.74. The highest BCUT2D eigenvalue weighted by molar-refractivity contribution is 7.98. The number of urea groups is 1. The van der Waals surface area contributed by atoms with Gasteiger partial charge in [0.15, 0.2) is 0 Å². The molecule has 0 aromatic rings. The number of thioether (sulfide) groups is 1. The third kappa shape index (κ3) is 6.14. The predicted octanol–water partition coefficient (Wildman–Crippen LogP) is 1.79. The van der Waals surface area contributed by atoms with Crippen LogP contribution in [-0.2, 0) is 4.79 Å². The van der Waals surface area contributed by atoms with Gasteiger partial charge in [-0.1, -0.05) is 13.8 Å². The molecule has 0 spiro atoms. The highest BCUT2D eigenvalue weighted by Gasteiger charge is 2.31. The SMILES string of the molecule is CCC(C)(CNC(=O)NCC(C)CSC)C(=O)O. The molecule has 0 aliphatic heterocycles. The second-order valence-electron chi connectivity index (χ2n) is 4.84. The fourth-order valence-electron chi connectivity index (χ4n) is 1.30. The smallest absolute Gasteiger partial charge is 0.314 e. The van der Waals surface area contributed by atoms with Crippen molar-refractivity contribution in [1.29, 1.82) is 0 Å². The Hall–Kier alpha value is -0.910. The summed E-state index contributed by atoms with van der Waals surface area (Å²) in [6.45, 7) is 6.23. The zero-order valence-corrected chi connectivity index (χ0v) is 12.4. The van der Waals surface area contributed by atoms with Gasteiger partial charge in [0.2, 0.25) is 0 Å². The van der Waals surface area contributed by atoms with Gasteiger partial charge in [0.05, 0.1) is 5.41 Å². The van der Waals surface area contributed by atoms with Gasteiger partial charge in [0.25, 0.3) is 0 Å². The van der Waals surface area contributed by atoms with Gasteiger partial charge in [0, 0.05) is 13.1 Å². The number of carbonyl (C=O) groups is 2. The highest BCUT2D eigenvalue weighted by Crippen LogP contribution is 2.19. The number of hydrogen-bond acceptors (Lipinski definition) is 3. The fourth-order valence-corrected chi connectivity index (χ4v) is 1.99. The van der Waals surface area contributed by atoms with E-state index in [0.29, 0.717) is 18.9 Å². The average molecular weight is 276 g/mol. The predicted molar refractivity (Wildman–Crippen MR) is 75.0 cm³/mol. The minimum Gasteiger partial charge on any atom is -0.481 e. The molecule has 2 atom stereocenters. The first-order valence-corrected chi connectivity index (χ1v) is 7.49. The zero-order valence-electron chi connectivity index (χ0n) is 11.6. The van der Waals surface area contributed by atoms with Crippen LogP contribution >= 0.6 is 11.8 Å². The summed E-state index contributed by atoms with van der Waals surface area (Å²) < 4.78 is 0. The summed E-state index contributed by atoms with van der Waals surface area (Å²) in [6, 6.07) is -0.302.